The number of rotatable bonds is 3. The van der Waals surface area contributed by atoms with Crippen molar-refractivity contribution in [1.82, 2.24) is 25.0 Å². The maximum Gasteiger partial charge on any atom is 0.248 e. The van der Waals surface area contributed by atoms with Crippen molar-refractivity contribution in [2.24, 2.45) is 7.05 Å². The Balaban J connectivity index is 1.64. The van der Waals surface area contributed by atoms with Crippen LogP contribution in [0.15, 0.2) is 18.6 Å². The molecule has 124 valence electrons. The van der Waals surface area contributed by atoms with E-state index in [9.17, 15) is 4.79 Å². The Labute approximate surface area is 142 Å². The molecule has 1 N–H and O–H groups in total. The third-order valence-electron chi connectivity index (χ3n) is 4.22. The molecule has 3 aromatic heterocycles. The molecular weight excluding hydrogens is 326 g/mol. The largest absolute Gasteiger partial charge is 0.344 e. The summed E-state index contributed by atoms with van der Waals surface area (Å²) in [4.78, 5) is 25.7. The van der Waals surface area contributed by atoms with E-state index in [2.05, 4.69) is 43.5 Å². The van der Waals surface area contributed by atoms with Gasteiger partial charge in [-0.2, -0.15) is 0 Å². The first-order chi connectivity index (χ1) is 11.6. The van der Waals surface area contributed by atoms with Gasteiger partial charge in [-0.05, 0) is 25.8 Å². The van der Waals surface area contributed by atoms with Crippen LogP contribution in [0.5, 0.6) is 0 Å². The first-order valence-corrected chi connectivity index (χ1v) is 8.58. The molecule has 1 fully saturated rings. The standard InChI is InChI=1S/C15H17N7OS/c1-9-6-10-13(16-8-17-15(10)24-9)22-5-3-4-11(22)14(23)19-12-7-18-20-21(12)2/h6-8,11H,3-5H2,1-2H3,(H,19,23). The Kier molecular flexibility index (Phi) is 3.64. The summed E-state index contributed by atoms with van der Waals surface area (Å²) in [6.45, 7) is 2.86. The molecule has 1 saturated heterocycles. The number of carbonyl (C=O) groups excluding carboxylic acids is 1. The number of thiophene rings is 1. The van der Waals surface area contributed by atoms with Crippen LogP contribution in [0.2, 0.25) is 0 Å². The highest BCUT2D eigenvalue weighted by Gasteiger charge is 2.33. The smallest absolute Gasteiger partial charge is 0.248 e. The Morgan fingerprint density at radius 3 is 3.08 bits per heavy atom. The molecule has 0 aliphatic carbocycles. The second kappa shape index (κ2) is 5.82. The first-order valence-electron chi connectivity index (χ1n) is 7.77. The van der Waals surface area contributed by atoms with Crippen LogP contribution >= 0.6 is 11.3 Å². The Morgan fingerprint density at radius 1 is 1.42 bits per heavy atom. The van der Waals surface area contributed by atoms with Gasteiger partial charge < -0.3 is 10.2 Å². The summed E-state index contributed by atoms with van der Waals surface area (Å²) < 4.78 is 1.54. The summed E-state index contributed by atoms with van der Waals surface area (Å²) >= 11 is 1.64. The minimum atomic E-state index is -0.252. The van der Waals surface area contributed by atoms with Crippen molar-refractivity contribution in [2.45, 2.75) is 25.8 Å². The number of amides is 1. The Hall–Kier alpha value is -2.55. The molecule has 4 heterocycles. The molecule has 4 rings (SSSR count). The van der Waals surface area contributed by atoms with Crippen LogP contribution < -0.4 is 10.2 Å². The second-order valence-electron chi connectivity index (χ2n) is 5.86. The number of nitrogens with zero attached hydrogens (tertiary/aromatic N) is 6. The van der Waals surface area contributed by atoms with Crippen molar-refractivity contribution in [3.63, 3.8) is 0 Å². The second-order valence-corrected chi connectivity index (χ2v) is 7.09. The summed E-state index contributed by atoms with van der Waals surface area (Å²) in [6, 6.07) is 1.84. The van der Waals surface area contributed by atoms with E-state index in [0.29, 0.717) is 5.82 Å². The summed E-state index contributed by atoms with van der Waals surface area (Å²) in [5.74, 6) is 1.37. The molecule has 8 nitrogen and oxygen atoms in total. The lowest BCUT2D eigenvalue weighted by Crippen LogP contribution is -2.40. The zero-order chi connectivity index (χ0) is 16.7. The summed E-state index contributed by atoms with van der Waals surface area (Å²) in [7, 11) is 1.75. The normalized spacial score (nSPS) is 17.6. The zero-order valence-electron chi connectivity index (χ0n) is 13.4. The lowest BCUT2D eigenvalue weighted by Gasteiger charge is -2.25. The van der Waals surface area contributed by atoms with Gasteiger partial charge in [0.1, 0.15) is 23.0 Å². The molecule has 1 aliphatic heterocycles. The molecule has 3 aromatic rings. The molecule has 24 heavy (non-hydrogen) atoms. The van der Waals surface area contributed by atoms with Crippen molar-refractivity contribution >= 4 is 39.1 Å². The summed E-state index contributed by atoms with van der Waals surface area (Å²) in [6.07, 6.45) is 4.87. The number of hydrogen-bond donors (Lipinski definition) is 1. The number of hydrogen-bond acceptors (Lipinski definition) is 7. The van der Waals surface area contributed by atoms with Crippen LogP contribution in [-0.4, -0.2) is 43.5 Å². The molecule has 1 unspecified atom stereocenters. The highest BCUT2D eigenvalue weighted by Crippen LogP contribution is 2.33. The highest BCUT2D eigenvalue weighted by atomic mass is 32.1. The van der Waals surface area contributed by atoms with Gasteiger partial charge in [0.15, 0.2) is 5.82 Å². The van der Waals surface area contributed by atoms with Gasteiger partial charge in [-0.15, -0.1) is 16.4 Å². The molecule has 1 atom stereocenters. The van der Waals surface area contributed by atoms with Gasteiger partial charge in [0.25, 0.3) is 0 Å². The molecule has 1 amide bonds. The minimum absolute atomic E-state index is 0.0587. The van der Waals surface area contributed by atoms with Gasteiger partial charge in [0.05, 0.1) is 11.6 Å². The number of carbonyl (C=O) groups is 1. The van der Waals surface area contributed by atoms with E-state index in [-0.39, 0.29) is 11.9 Å². The van der Waals surface area contributed by atoms with Crippen LogP contribution in [-0.2, 0) is 11.8 Å². The van der Waals surface area contributed by atoms with Gasteiger partial charge in [0, 0.05) is 18.5 Å². The van der Waals surface area contributed by atoms with Gasteiger partial charge in [-0.3, -0.25) is 4.79 Å². The fourth-order valence-electron chi connectivity index (χ4n) is 3.10. The van der Waals surface area contributed by atoms with E-state index in [1.807, 2.05) is 0 Å². The minimum Gasteiger partial charge on any atom is -0.344 e. The van der Waals surface area contributed by atoms with Crippen molar-refractivity contribution in [2.75, 3.05) is 16.8 Å². The SMILES string of the molecule is Cc1cc2c(N3CCCC3C(=O)Nc3cnnn3C)ncnc2s1. The van der Waals surface area contributed by atoms with E-state index in [4.69, 9.17) is 0 Å². The molecule has 9 heteroatoms. The van der Waals surface area contributed by atoms with Crippen LogP contribution in [0, 0.1) is 6.92 Å². The number of anilines is 2. The molecule has 0 radical (unpaired) electrons. The maximum atomic E-state index is 12.7. The molecule has 0 spiro atoms. The van der Waals surface area contributed by atoms with Gasteiger partial charge >= 0.3 is 0 Å². The topological polar surface area (TPSA) is 88.8 Å². The fourth-order valence-corrected chi connectivity index (χ4v) is 3.94. The predicted molar refractivity (Wildman–Crippen MR) is 92.2 cm³/mol. The van der Waals surface area contributed by atoms with Crippen molar-refractivity contribution in [3.05, 3.63) is 23.5 Å². The van der Waals surface area contributed by atoms with Gasteiger partial charge in [-0.1, -0.05) is 5.21 Å². The highest BCUT2D eigenvalue weighted by molar-refractivity contribution is 7.18. The third kappa shape index (κ3) is 2.50. The number of fused-ring (bicyclic) bond motifs is 1. The molecule has 1 aliphatic rings. The summed E-state index contributed by atoms with van der Waals surface area (Å²) in [5.41, 5.74) is 0. The number of aromatic nitrogens is 5. The average Bonchev–Trinajstić information content (AvgIpc) is 3.26. The average molecular weight is 343 g/mol. The maximum absolute atomic E-state index is 12.7. The summed E-state index contributed by atoms with van der Waals surface area (Å²) in [5, 5.41) is 11.5. The molecule has 0 saturated carbocycles. The Bertz CT molecular complexity index is 902. The monoisotopic (exact) mass is 343 g/mol. The number of nitrogens with one attached hydrogen (secondary N) is 1. The van der Waals surface area contributed by atoms with E-state index in [0.717, 1.165) is 35.4 Å². The first kappa shape index (κ1) is 15.0. The van der Waals surface area contributed by atoms with Crippen LogP contribution in [0.4, 0.5) is 11.6 Å². The number of aryl methyl sites for hydroxylation is 2. The molecule has 0 bridgehead atoms. The van der Waals surface area contributed by atoms with E-state index in [1.165, 1.54) is 4.88 Å². The molecule has 0 aromatic carbocycles. The van der Waals surface area contributed by atoms with E-state index in [1.54, 1.807) is 35.6 Å². The van der Waals surface area contributed by atoms with Crippen LogP contribution in [0.3, 0.4) is 0 Å². The Morgan fingerprint density at radius 2 is 2.29 bits per heavy atom. The van der Waals surface area contributed by atoms with E-state index >= 15 is 0 Å². The fraction of sp³-hybridized carbons (Fsp3) is 0.400. The molecular formula is C15H17N7OS. The van der Waals surface area contributed by atoms with Crippen molar-refractivity contribution < 1.29 is 4.79 Å². The van der Waals surface area contributed by atoms with Gasteiger partial charge in [0.2, 0.25) is 5.91 Å². The van der Waals surface area contributed by atoms with Gasteiger partial charge in [-0.25, -0.2) is 14.6 Å². The lowest BCUT2D eigenvalue weighted by molar-refractivity contribution is -0.117. The third-order valence-corrected chi connectivity index (χ3v) is 5.18. The van der Waals surface area contributed by atoms with Crippen molar-refractivity contribution in [1.29, 1.82) is 0 Å². The quantitative estimate of drug-likeness (QED) is 0.779. The van der Waals surface area contributed by atoms with Crippen LogP contribution in [0.25, 0.3) is 10.2 Å². The van der Waals surface area contributed by atoms with Crippen molar-refractivity contribution in [3.8, 4) is 0 Å². The van der Waals surface area contributed by atoms with E-state index < -0.39 is 0 Å². The predicted octanol–water partition coefficient (Wildman–Crippen LogP) is 1.74. The van der Waals surface area contributed by atoms with Crippen LogP contribution in [0.1, 0.15) is 17.7 Å². The lowest BCUT2D eigenvalue weighted by atomic mass is 10.2. The zero-order valence-corrected chi connectivity index (χ0v) is 14.2.